The number of fused-ring (bicyclic) bond motifs is 1. The molecule has 0 aliphatic rings. The molecule has 0 radical (unpaired) electrons. The number of primary amides is 1. The minimum absolute atomic E-state index is 0.00190. The monoisotopic (exact) mass is 341 g/mol. The van der Waals surface area contributed by atoms with Crippen molar-refractivity contribution in [2.75, 3.05) is 5.73 Å². The van der Waals surface area contributed by atoms with Gasteiger partial charge in [-0.1, -0.05) is 6.07 Å². The summed E-state index contributed by atoms with van der Waals surface area (Å²) in [7, 11) is 1.59. The van der Waals surface area contributed by atoms with Gasteiger partial charge in [0.15, 0.2) is 0 Å². The molecule has 5 N–H and O–H groups in total. The SMILES string of the molecule is Cc1ccc(O)c(C)c1-n1c(N)c(C(N)=O)c2nc(C)n(C)c(=O)c21. The lowest BCUT2D eigenvalue weighted by atomic mass is 10.1. The molecule has 0 fully saturated rings. The maximum Gasteiger partial charge on any atom is 0.278 e. The largest absolute Gasteiger partial charge is 0.508 e. The summed E-state index contributed by atoms with van der Waals surface area (Å²) in [5.41, 5.74) is 13.5. The van der Waals surface area contributed by atoms with Crippen molar-refractivity contribution in [2.45, 2.75) is 20.8 Å². The van der Waals surface area contributed by atoms with E-state index in [0.717, 1.165) is 5.56 Å². The summed E-state index contributed by atoms with van der Waals surface area (Å²) < 4.78 is 2.82. The average Bonchev–Trinajstić information content (AvgIpc) is 2.82. The molecule has 8 heteroatoms. The van der Waals surface area contributed by atoms with Crippen LogP contribution in [0, 0.1) is 20.8 Å². The Hall–Kier alpha value is -3.29. The highest BCUT2D eigenvalue weighted by molar-refractivity contribution is 6.10. The number of nitrogens with zero attached hydrogens (tertiary/aromatic N) is 3. The van der Waals surface area contributed by atoms with Crippen molar-refractivity contribution in [1.29, 1.82) is 0 Å². The number of amides is 1. The molecule has 0 aliphatic carbocycles. The Morgan fingerprint density at radius 2 is 1.88 bits per heavy atom. The molecule has 0 atom stereocenters. The van der Waals surface area contributed by atoms with Crippen molar-refractivity contribution in [2.24, 2.45) is 12.8 Å². The summed E-state index contributed by atoms with van der Waals surface area (Å²) in [6.07, 6.45) is 0. The van der Waals surface area contributed by atoms with Crippen LogP contribution in [0.25, 0.3) is 16.7 Å². The van der Waals surface area contributed by atoms with Gasteiger partial charge in [0, 0.05) is 12.6 Å². The van der Waals surface area contributed by atoms with Gasteiger partial charge in [0.25, 0.3) is 11.5 Å². The Morgan fingerprint density at radius 1 is 1.24 bits per heavy atom. The Bertz CT molecular complexity index is 1110. The predicted octanol–water partition coefficient (Wildman–Crippen LogP) is 1.04. The van der Waals surface area contributed by atoms with E-state index in [1.165, 1.54) is 9.13 Å². The molecule has 25 heavy (non-hydrogen) atoms. The van der Waals surface area contributed by atoms with Gasteiger partial charge in [-0.15, -0.1) is 0 Å². The lowest BCUT2D eigenvalue weighted by Gasteiger charge is -2.15. The second kappa shape index (κ2) is 5.37. The van der Waals surface area contributed by atoms with Gasteiger partial charge in [0.05, 0.1) is 5.69 Å². The summed E-state index contributed by atoms with van der Waals surface area (Å²) in [6.45, 7) is 5.19. The average molecular weight is 341 g/mol. The fourth-order valence-electron chi connectivity index (χ4n) is 3.07. The first-order valence-corrected chi connectivity index (χ1v) is 7.63. The van der Waals surface area contributed by atoms with Crippen molar-refractivity contribution < 1.29 is 9.90 Å². The van der Waals surface area contributed by atoms with Crippen molar-refractivity contribution in [3.8, 4) is 11.4 Å². The van der Waals surface area contributed by atoms with Gasteiger partial charge in [-0.25, -0.2) is 4.98 Å². The third kappa shape index (κ3) is 2.18. The number of nitrogen functional groups attached to an aromatic ring is 1. The van der Waals surface area contributed by atoms with Crippen LogP contribution >= 0.6 is 0 Å². The second-order valence-corrected chi connectivity index (χ2v) is 6.06. The molecule has 2 aromatic heterocycles. The molecular formula is C17H19N5O3. The number of rotatable bonds is 2. The van der Waals surface area contributed by atoms with Gasteiger partial charge in [0.1, 0.15) is 34.0 Å². The first-order valence-electron chi connectivity index (χ1n) is 7.63. The van der Waals surface area contributed by atoms with Crippen LogP contribution in [0.4, 0.5) is 5.82 Å². The number of phenols is 1. The van der Waals surface area contributed by atoms with Crippen LogP contribution in [0.1, 0.15) is 27.3 Å². The van der Waals surface area contributed by atoms with Crippen LogP contribution in [0.2, 0.25) is 0 Å². The summed E-state index contributed by atoms with van der Waals surface area (Å²) in [4.78, 5) is 29.2. The van der Waals surface area contributed by atoms with Crippen LogP contribution < -0.4 is 17.0 Å². The highest BCUT2D eigenvalue weighted by atomic mass is 16.3. The highest BCUT2D eigenvalue weighted by Gasteiger charge is 2.26. The summed E-state index contributed by atoms with van der Waals surface area (Å²) in [5, 5.41) is 10.1. The molecule has 8 nitrogen and oxygen atoms in total. The number of hydrogen-bond acceptors (Lipinski definition) is 5. The first kappa shape index (κ1) is 16.6. The van der Waals surface area contributed by atoms with Gasteiger partial charge in [-0.05, 0) is 32.4 Å². The molecule has 0 unspecified atom stereocenters. The minimum atomic E-state index is -0.767. The van der Waals surface area contributed by atoms with E-state index >= 15 is 0 Å². The summed E-state index contributed by atoms with van der Waals surface area (Å²) >= 11 is 0. The van der Waals surface area contributed by atoms with Gasteiger partial charge < -0.3 is 16.6 Å². The minimum Gasteiger partial charge on any atom is -0.508 e. The third-order valence-electron chi connectivity index (χ3n) is 4.52. The van der Waals surface area contributed by atoms with Gasteiger partial charge in [-0.2, -0.15) is 0 Å². The molecule has 130 valence electrons. The number of aryl methyl sites for hydroxylation is 2. The maximum absolute atomic E-state index is 12.9. The molecule has 0 aliphatic heterocycles. The molecule has 3 aromatic rings. The lowest BCUT2D eigenvalue weighted by molar-refractivity contribution is 0.100. The molecule has 0 saturated carbocycles. The Balaban J connectivity index is 2.65. The van der Waals surface area contributed by atoms with Crippen LogP contribution in [0.15, 0.2) is 16.9 Å². The molecule has 2 heterocycles. The smallest absolute Gasteiger partial charge is 0.278 e. The van der Waals surface area contributed by atoms with E-state index in [1.807, 2.05) is 6.92 Å². The fraction of sp³-hybridized carbons (Fsp3) is 0.235. The number of carbonyl (C=O) groups excluding carboxylic acids is 1. The molecule has 1 amide bonds. The van der Waals surface area contributed by atoms with E-state index in [0.29, 0.717) is 17.1 Å². The Kier molecular flexibility index (Phi) is 3.56. The quantitative estimate of drug-likeness (QED) is 0.641. The number of benzene rings is 1. The standard InChI is InChI=1S/C17H19N5O3/c1-7-5-6-10(23)8(2)13(7)22-14-12(11(15(22)18)16(19)24)20-9(3)21(4)17(14)25/h5-6,23H,18H2,1-4H3,(H2,19,24). The zero-order valence-corrected chi connectivity index (χ0v) is 14.4. The zero-order chi connectivity index (χ0) is 18.6. The van der Waals surface area contributed by atoms with Crippen LogP contribution in [-0.4, -0.2) is 25.1 Å². The third-order valence-corrected chi connectivity index (χ3v) is 4.52. The van der Waals surface area contributed by atoms with Gasteiger partial charge in [0.2, 0.25) is 0 Å². The van der Waals surface area contributed by atoms with Crippen molar-refractivity contribution in [3.63, 3.8) is 0 Å². The fourth-order valence-corrected chi connectivity index (χ4v) is 3.07. The number of aromatic nitrogens is 3. The normalized spacial score (nSPS) is 11.2. The Labute approximate surface area is 143 Å². The second-order valence-electron chi connectivity index (χ2n) is 6.06. The number of anilines is 1. The Morgan fingerprint density at radius 3 is 2.48 bits per heavy atom. The number of hydrogen-bond donors (Lipinski definition) is 3. The number of aromatic hydroxyl groups is 1. The van der Waals surface area contributed by atoms with Gasteiger partial charge >= 0.3 is 0 Å². The zero-order valence-electron chi connectivity index (χ0n) is 14.4. The molecule has 3 rings (SSSR count). The molecule has 0 spiro atoms. The summed E-state index contributed by atoms with van der Waals surface area (Å²) in [6, 6.07) is 3.27. The first-order chi connectivity index (χ1) is 11.7. The number of phenolic OH excluding ortho intramolecular Hbond substituents is 1. The van der Waals surface area contributed by atoms with E-state index in [4.69, 9.17) is 11.5 Å². The number of nitrogens with two attached hydrogens (primary N) is 2. The molecule has 0 bridgehead atoms. The maximum atomic E-state index is 12.9. The van der Waals surface area contributed by atoms with Gasteiger partial charge in [-0.3, -0.25) is 18.7 Å². The van der Waals surface area contributed by atoms with E-state index in [9.17, 15) is 14.7 Å². The van der Waals surface area contributed by atoms with Crippen LogP contribution in [0.3, 0.4) is 0 Å². The van der Waals surface area contributed by atoms with Crippen molar-refractivity contribution in [3.05, 3.63) is 45.0 Å². The molecular weight excluding hydrogens is 322 g/mol. The topological polar surface area (TPSA) is 129 Å². The van der Waals surface area contributed by atoms with E-state index < -0.39 is 5.91 Å². The lowest BCUT2D eigenvalue weighted by Crippen LogP contribution is -2.23. The van der Waals surface area contributed by atoms with Crippen LogP contribution in [-0.2, 0) is 7.05 Å². The van der Waals surface area contributed by atoms with E-state index in [1.54, 1.807) is 33.0 Å². The van der Waals surface area contributed by atoms with E-state index in [2.05, 4.69) is 4.98 Å². The van der Waals surface area contributed by atoms with E-state index in [-0.39, 0.29) is 33.7 Å². The number of carbonyl (C=O) groups is 1. The highest BCUT2D eigenvalue weighted by Crippen LogP contribution is 2.34. The van der Waals surface area contributed by atoms with Crippen molar-refractivity contribution in [1.82, 2.24) is 14.1 Å². The predicted molar refractivity (Wildman–Crippen MR) is 95.1 cm³/mol. The van der Waals surface area contributed by atoms with Crippen molar-refractivity contribution >= 4 is 22.8 Å². The van der Waals surface area contributed by atoms with Crippen LogP contribution in [0.5, 0.6) is 5.75 Å². The molecule has 1 aromatic carbocycles. The summed E-state index contributed by atoms with van der Waals surface area (Å²) in [5.74, 6) is -0.257. The molecule has 0 saturated heterocycles.